The summed E-state index contributed by atoms with van der Waals surface area (Å²) in [6.45, 7) is 2.54. The first-order valence-corrected chi connectivity index (χ1v) is 6.73. The maximum absolute atomic E-state index is 11.9. The summed E-state index contributed by atoms with van der Waals surface area (Å²) < 4.78 is 4.82. The van der Waals surface area contributed by atoms with Crippen LogP contribution < -0.4 is 10.6 Å². The van der Waals surface area contributed by atoms with Crippen LogP contribution in [-0.4, -0.2) is 50.7 Å². The molecule has 1 saturated heterocycles. The van der Waals surface area contributed by atoms with Gasteiger partial charge < -0.3 is 15.4 Å². The molecule has 6 heteroatoms. The van der Waals surface area contributed by atoms with Gasteiger partial charge in [-0.3, -0.25) is 4.90 Å². The van der Waals surface area contributed by atoms with Gasteiger partial charge in [0, 0.05) is 32.4 Å². The lowest BCUT2D eigenvalue weighted by Crippen LogP contribution is -2.24. The molecule has 0 atom stereocenters. The lowest BCUT2D eigenvalue weighted by molar-refractivity contribution is -0.136. The average molecular weight is 289 g/mol. The number of methoxy groups -OCH3 is 1. The summed E-state index contributed by atoms with van der Waals surface area (Å²) in [4.78, 5) is 25.4. The Morgan fingerprint density at radius 2 is 2.05 bits per heavy atom. The fourth-order valence-electron chi connectivity index (χ4n) is 1.88. The number of urea groups is 1. The summed E-state index contributed by atoms with van der Waals surface area (Å²) in [6.07, 6.45) is 1.76. The number of carbonyl (C=O) groups is 2. The molecule has 1 aromatic rings. The number of ether oxygens (including phenoxy) is 1. The van der Waals surface area contributed by atoms with Gasteiger partial charge in [0.15, 0.2) is 0 Å². The predicted molar refractivity (Wildman–Crippen MR) is 81.0 cm³/mol. The van der Waals surface area contributed by atoms with Gasteiger partial charge in [-0.25, -0.2) is 9.59 Å². The lowest BCUT2D eigenvalue weighted by atomic mass is 10.1. The molecule has 1 aromatic carbocycles. The Morgan fingerprint density at radius 1 is 1.33 bits per heavy atom. The van der Waals surface area contributed by atoms with Crippen molar-refractivity contribution >= 4 is 23.8 Å². The van der Waals surface area contributed by atoms with Crippen LogP contribution >= 0.6 is 0 Å². The summed E-state index contributed by atoms with van der Waals surface area (Å²) in [6, 6.07) is 7.00. The smallest absolute Gasteiger partial charge is 0.335 e. The highest BCUT2D eigenvalue weighted by Crippen LogP contribution is 2.20. The van der Waals surface area contributed by atoms with Crippen molar-refractivity contribution in [3.05, 3.63) is 35.4 Å². The van der Waals surface area contributed by atoms with E-state index in [-0.39, 0.29) is 12.0 Å². The molecule has 0 radical (unpaired) electrons. The van der Waals surface area contributed by atoms with Crippen LogP contribution in [0.2, 0.25) is 0 Å². The van der Waals surface area contributed by atoms with Crippen LogP contribution in [0.4, 0.5) is 10.5 Å². The van der Waals surface area contributed by atoms with Crippen molar-refractivity contribution in [2.24, 2.45) is 0 Å². The molecule has 21 heavy (non-hydrogen) atoms. The quantitative estimate of drug-likeness (QED) is 0.487. The third-order valence-electron chi connectivity index (χ3n) is 3.15. The second kappa shape index (κ2) is 6.90. The van der Waals surface area contributed by atoms with E-state index < -0.39 is 0 Å². The lowest BCUT2D eigenvalue weighted by Gasteiger charge is -2.10. The number of nitrogens with one attached hydrogen (secondary N) is 2. The molecule has 0 saturated carbocycles. The number of carbonyl (C=O) groups excluding carboxylic acids is 2. The number of para-hydroxylation sites is 1. The zero-order valence-electron chi connectivity index (χ0n) is 12.2. The molecule has 2 rings (SSSR count). The largest absolute Gasteiger partial charge is 0.466 e. The summed E-state index contributed by atoms with van der Waals surface area (Å²) in [5, 5.41) is 5.23. The number of esters is 1. The van der Waals surface area contributed by atoms with E-state index in [1.165, 1.54) is 7.11 Å². The minimum atomic E-state index is -0.350. The SMILES string of the molecule is CNC(=O)Nc1ccccc1/C=C(\CN1CC1)C(=O)OC. The molecule has 0 bridgehead atoms. The van der Waals surface area contributed by atoms with E-state index in [0.29, 0.717) is 17.8 Å². The number of benzene rings is 1. The van der Waals surface area contributed by atoms with Gasteiger partial charge in [-0.1, -0.05) is 18.2 Å². The molecule has 6 nitrogen and oxygen atoms in total. The van der Waals surface area contributed by atoms with E-state index in [9.17, 15) is 9.59 Å². The number of anilines is 1. The van der Waals surface area contributed by atoms with Crippen molar-refractivity contribution in [2.45, 2.75) is 0 Å². The monoisotopic (exact) mass is 289 g/mol. The van der Waals surface area contributed by atoms with Crippen LogP contribution in [0.1, 0.15) is 5.56 Å². The average Bonchev–Trinajstić information content (AvgIpc) is 3.31. The van der Waals surface area contributed by atoms with E-state index in [2.05, 4.69) is 15.5 Å². The van der Waals surface area contributed by atoms with Gasteiger partial charge >= 0.3 is 12.0 Å². The summed E-state index contributed by atoms with van der Waals surface area (Å²) in [7, 11) is 2.92. The number of hydrogen-bond acceptors (Lipinski definition) is 4. The highest BCUT2D eigenvalue weighted by molar-refractivity contribution is 5.97. The molecule has 2 amide bonds. The van der Waals surface area contributed by atoms with Crippen LogP contribution in [0.25, 0.3) is 6.08 Å². The van der Waals surface area contributed by atoms with Gasteiger partial charge in [0.2, 0.25) is 0 Å². The van der Waals surface area contributed by atoms with E-state index >= 15 is 0 Å². The first kappa shape index (κ1) is 15.1. The van der Waals surface area contributed by atoms with Crippen molar-refractivity contribution in [2.75, 3.05) is 39.1 Å². The molecular weight excluding hydrogens is 270 g/mol. The molecule has 1 fully saturated rings. The molecule has 0 spiro atoms. The van der Waals surface area contributed by atoms with Crippen LogP contribution in [0.3, 0.4) is 0 Å². The predicted octanol–water partition coefficient (Wildman–Crippen LogP) is 1.31. The van der Waals surface area contributed by atoms with Gasteiger partial charge in [0.25, 0.3) is 0 Å². The first-order valence-electron chi connectivity index (χ1n) is 6.73. The molecule has 0 aliphatic carbocycles. The molecule has 1 aliphatic heterocycles. The molecule has 1 aliphatic rings. The number of rotatable bonds is 5. The summed E-state index contributed by atoms with van der Waals surface area (Å²) in [5.41, 5.74) is 1.98. The molecule has 0 unspecified atom stereocenters. The van der Waals surface area contributed by atoms with E-state index in [1.807, 2.05) is 18.2 Å². The second-order valence-electron chi connectivity index (χ2n) is 4.73. The first-order chi connectivity index (χ1) is 10.1. The van der Waals surface area contributed by atoms with Crippen LogP contribution in [0.15, 0.2) is 29.8 Å². The van der Waals surface area contributed by atoms with Gasteiger partial charge in [-0.15, -0.1) is 0 Å². The third kappa shape index (κ3) is 4.32. The van der Waals surface area contributed by atoms with E-state index in [0.717, 1.165) is 18.7 Å². The van der Waals surface area contributed by atoms with Gasteiger partial charge in [0.05, 0.1) is 12.7 Å². The van der Waals surface area contributed by atoms with Crippen molar-refractivity contribution in [3.8, 4) is 0 Å². The Bertz CT molecular complexity index is 565. The minimum absolute atomic E-state index is 0.304. The maximum atomic E-state index is 11.9. The van der Waals surface area contributed by atoms with Gasteiger partial charge in [0.1, 0.15) is 0 Å². The molecule has 112 valence electrons. The van der Waals surface area contributed by atoms with E-state index in [4.69, 9.17) is 4.74 Å². The number of nitrogens with zero attached hydrogens (tertiary/aromatic N) is 1. The zero-order chi connectivity index (χ0) is 15.2. The Balaban J connectivity index is 2.26. The molecular formula is C15H19N3O3. The highest BCUT2D eigenvalue weighted by Gasteiger charge is 2.22. The topological polar surface area (TPSA) is 70.4 Å². The normalized spacial score (nSPS) is 14.5. The maximum Gasteiger partial charge on any atom is 0.335 e. The van der Waals surface area contributed by atoms with Crippen molar-refractivity contribution in [1.82, 2.24) is 10.2 Å². The zero-order valence-corrected chi connectivity index (χ0v) is 12.2. The molecule has 2 N–H and O–H groups in total. The Hall–Kier alpha value is -2.34. The van der Waals surface area contributed by atoms with E-state index in [1.54, 1.807) is 19.2 Å². The van der Waals surface area contributed by atoms with Crippen LogP contribution in [0, 0.1) is 0 Å². The highest BCUT2D eigenvalue weighted by atomic mass is 16.5. The minimum Gasteiger partial charge on any atom is -0.466 e. The Morgan fingerprint density at radius 3 is 2.67 bits per heavy atom. The third-order valence-corrected chi connectivity index (χ3v) is 3.15. The fraction of sp³-hybridized carbons (Fsp3) is 0.333. The van der Waals surface area contributed by atoms with Crippen LogP contribution in [0.5, 0.6) is 0 Å². The standard InChI is InChI=1S/C15H19N3O3/c1-16-15(20)17-13-6-4-3-5-11(13)9-12(14(19)21-2)10-18-7-8-18/h3-6,9H,7-8,10H2,1-2H3,(H2,16,17,20)/b12-9+. The van der Waals surface area contributed by atoms with Gasteiger partial charge in [-0.05, 0) is 17.7 Å². The Kier molecular flexibility index (Phi) is 4.94. The van der Waals surface area contributed by atoms with Crippen molar-refractivity contribution < 1.29 is 14.3 Å². The fourth-order valence-corrected chi connectivity index (χ4v) is 1.88. The van der Waals surface area contributed by atoms with Crippen molar-refractivity contribution in [1.29, 1.82) is 0 Å². The summed E-state index contributed by atoms with van der Waals surface area (Å²) in [5.74, 6) is -0.350. The molecule has 0 aromatic heterocycles. The van der Waals surface area contributed by atoms with Crippen molar-refractivity contribution in [3.63, 3.8) is 0 Å². The Labute approximate surface area is 123 Å². The number of amides is 2. The molecule has 1 heterocycles. The van der Waals surface area contributed by atoms with Gasteiger partial charge in [-0.2, -0.15) is 0 Å². The summed E-state index contributed by atoms with van der Waals surface area (Å²) >= 11 is 0. The van der Waals surface area contributed by atoms with Crippen LogP contribution in [-0.2, 0) is 9.53 Å². The second-order valence-corrected chi connectivity index (χ2v) is 4.73. The number of hydrogen-bond donors (Lipinski definition) is 2.